The van der Waals surface area contributed by atoms with Crippen LogP contribution in [0.1, 0.15) is 361 Å². The lowest BCUT2D eigenvalue weighted by atomic mass is 10.0. The van der Waals surface area contributed by atoms with E-state index in [1.807, 2.05) is 21.1 Å². The van der Waals surface area contributed by atoms with Gasteiger partial charge in [0.05, 0.1) is 40.3 Å². The lowest BCUT2D eigenvalue weighted by Gasteiger charge is -2.26. The van der Waals surface area contributed by atoms with Crippen molar-refractivity contribution >= 4 is 17.9 Å². The second-order valence-corrected chi connectivity index (χ2v) is 25.5. The molecule has 0 aromatic rings. The molecule has 9 nitrogen and oxygen atoms in total. The smallest absolute Gasteiger partial charge is 0.306 e. The molecule has 2 unspecified atom stereocenters. The Morgan fingerprint density at radius 2 is 0.630 bits per heavy atom. The average molecular weight is 1140 g/mol. The molecule has 0 saturated carbocycles. The maximum absolute atomic E-state index is 12.9. The highest BCUT2D eigenvalue weighted by Crippen LogP contribution is 2.19. The summed E-state index contributed by atoms with van der Waals surface area (Å²) in [4.78, 5) is 37.5. The Hall–Kier alpha value is -2.23. The van der Waals surface area contributed by atoms with Gasteiger partial charge in [-0.25, -0.2) is 0 Å². The minimum Gasteiger partial charge on any atom is -0.545 e. The molecule has 0 aromatic carbocycles. The van der Waals surface area contributed by atoms with Crippen molar-refractivity contribution in [1.82, 2.24) is 0 Å². The van der Waals surface area contributed by atoms with Crippen LogP contribution in [0.5, 0.6) is 0 Å². The van der Waals surface area contributed by atoms with E-state index in [2.05, 4.69) is 38.2 Å². The molecule has 0 aliphatic rings. The maximum Gasteiger partial charge on any atom is 0.306 e. The van der Waals surface area contributed by atoms with E-state index in [0.29, 0.717) is 17.4 Å². The molecule has 0 amide bonds. The zero-order valence-corrected chi connectivity index (χ0v) is 54.7. The number of hydrogen-bond donors (Lipinski definition) is 0. The fraction of sp³-hybridized carbons (Fsp3) is 0.903. The number of carboxylic acid groups (broad SMARTS) is 1. The molecule has 2 atom stereocenters. The van der Waals surface area contributed by atoms with E-state index >= 15 is 0 Å². The molecule has 0 heterocycles. The minimum atomic E-state index is -1.62. The lowest BCUT2D eigenvalue weighted by Crippen LogP contribution is -2.44. The minimum absolute atomic E-state index is 0.151. The number of ether oxygens (including phenoxy) is 4. The molecule has 0 saturated heterocycles. The summed E-state index contributed by atoms with van der Waals surface area (Å²) in [7, 11) is 5.94. The van der Waals surface area contributed by atoms with Crippen molar-refractivity contribution < 1.29 is 42.9 Å². The van der Waals surface area contributed by atoms with Crippen LogP contribution < -0.4 is 5.11 Å². The number of carbonyl (C=O) groups excluding carboxylic acids is 3. The molecule has 0 spiro atoms. The van der Waals surface area contributed by atoms with Crippen molar-refractivity contribution in [3.8, 4) is 0 Å². The van der Waals surface area contributed by atoms with E-state index in [1.165, 1.54) is 295 Å². The van der Waals surface area contributed by atoms with E-state index in [4.69, 9.17) is 18.9 Å². The number of allylic oxidation sites excluding steroid dienone is 4. The highest BCUT2D eigenvalue weighted by Gasteiger charge is 2.22. The molecule has 0 aliphatic carbocycles. The highest BCUT2D eigenvalue weighted by molar-refractivity contribution is 5.70. The molecule has 81 heavy (non-hydrogen) atoms. The van der Waals surface area contributed by atoms with E-state index in [-0.39, 0.29) is 32.2 Å². The number of carboxylic acids is 1. The van der Waals surface area contributed by atoms with Crippen LogP contribution in [0.4, 0.5) is 0 Å². The second kappa shape index (κ2) is 63.8. The van der Waals surface area contributed by atoms with Crippen LogP contribution in [-0.2, 0) is 33.3 Å². The Bertz CT molecular complexity index is 1380. The van der Waals surface area contributed by atoms with Gasteiger partial charge in [0.2, 0.25) is 0 Å². The van der Waals surface area contributed by atoms with Gasteiger partial charge in [0, 0.05) is 12.8 Å². The number of unbranched alkanes of at least 4 members (excludes halogenated alkanes) is 48. The van der Waals surface area contributed by atoms with Crippen LogP contribution in [0, 0.1) is 0 Å². The SMILES string of the molecule is CCCCCCCCCC/C=C\CCCCCCCCCCCCCCCCCCCCCCCC(=O)OC(COC(=O)CCCCCCCCCCCCC/C=C\CCCCCCCCCC)COC(OCC[N+](C)(C)C)C(=O)[O-]. The van der Waals surface area contributed by atoms with Crippen LogP contribution in [0.25, 0.3) is 0 Å². The molecular formula is C72H137NO8. The summed E-state index contributed by atoms with van der Waals surface area (Å²) in [5.74, 6) is -2.25. The topological polar surface area (TPSA) is 111 Å². The van der Waals surface area contributed by atoms with Crippen molar-refractivity contribution in [2.24, 2.45) is 0 Å². The monoisotopic (exact) mass is 1140 g/mol. The summed E-state index contributed by atoms with van der Waals surface area (Å²) >= 11 is 0. The number of hydrogen-bond acceptors (Lipinski definition) is 8. The third kappa shape index (κ3) is 65.2. The zero-order chi connectivity index (χ0) is 59.1. The predicted octanol–water partition coefficient (Wildman–Crippen LogP) is 20.5. The largest absolute Gasteiger partial charge is 0.545 e. The molecule has 0 N–H and O–H groups in total. The first-order chi connectivity index (χ1) is 39.6. The average Bonchev–Trinajstić information content (AvgIpc) is 3.44. The van der Waals surface area contributed by atoms with Crippen molar-refractivity contribution in [2.45, 2.75) is 373 Å². The van der Waals surface area contributed by atoms with Gasteiger partial charge in [-0.15, -0.1) is 0 Å². The first kappa shape index (κ1) is 78.8. The first-order valence-corrected chi connectivity index (χ1v) is 35.5. The standard InChI is InChI=1S/C72H137NO8/c1-6-8-10-12-14-16-18-20-22-24-26-28-30-31-32-33-34-35-36-37-38-39-41-43-45-47-49-51-53-55-57-59-61-63-70(75)81-68(67-80-72(71(76)77)78-65-64-73(3,4)5)66-79-69(74)62-60-58-56-54-52-50-48-46-44-42-40-29-27-25-23-21-19-17-15-13-11-9-7-2/h24-27,68,72H,6-23,28-67H2,1-5H3/b26-24-,27-25-. The number of carbonyl (C=O) groups is 3. The summed E-state index contributed by atoms with van der Waals surface area (Å²) in [6.45, 7) is 4.82. The van der Waals surface area contributed by atoms with Crippen molar-refractivity contribution in [3.63, 3.8) is 0 Å². The van der Waals surface area contributed by atoms with Gasteiger partial charge in [0.15, 0.2) is 12.4 Å². The van der Waals surface area contributed by atoms with Gasteiger partial charge in [0.25, 0.3) is 0 Å². The number of rotatable bonds is 67. The van der Waals surface area contributed by atoms with Gasteiger partial charge in [-0.2, -0.15) is 0 Å². The molecular weight excluding hydrogens is 1010 g/mol. The van der Waals surface area contributed by atoms with Crippen LogP contribution in [0.3, 0.4) is 0 Å². The Kier molecular flexibility index (Phi) is 62.0. The van der Waals surface area contributed by atoms with Crippen LogP contribution in [0.15, 0.2) is 24.3 Å². The quantitative estimate of drug-likeness (QED) is 0.0195. The summed E-state index contributed by atoms with van der Waals surface area (Å²) in [5.41, 5.74) is 0. The molecule has 0 fully saturated rings. The summed E-state index contributed by atoms with van der Waals surface area (Å²) in [6.07, 6.45) is 75.6. The normalized spacial score (nSPS) is 12.8. The van der Waals surface area contributed by atoms with Crippen LogP contribution in [-0.4, -0.2) is 82.3 Å². The molecule has 478 valence electrons. The second-order valence-electron chi connectivity index (χ2n) is 25.5. The fourth-order valence-corrected chi connectivity index (χ4v) is 10.7. The Labute approximate surface area is 503 Å². The predicted molar refractivity (Wildman–Crippen MR) is 343 cm³/mol. The van der Waals surface area contributed by atoms with E-state index < -0.39 is 24.3 Å². The maximum atomic E-state index is 12.9. The van der Waals surface area contributed by atoms with Gasteiger partial charge in [-0.1, -0.05) is 308 Å². The molecule has 0 aliphatic heterocycles. The molecule has 9 heteroatoms. The van der Waals surface area contributed by atoms with Crippen LogP contribution in [0.2, 0.25) is 0 Å². The molecule has 0 radical (unpaired) electrons. The number of quaternary nitrogens is 1. The summed E-state index contributed by atoms with van der Waals surface area (Å²) in [6, 6.07) is 0. The van der Waals surface area contributed by atoms with E-state index in [9.17, 15) is 19.5 Å². The summed E-state index contributed by atoms with van der Waals surface area (Å²) in [5, 5.41) is 11.8. The third-order valence-corrected chi connectivity index (χ3v) is 16.2. The van der Waals surface area contributed by atoms with Gasteiger partial charge in [0.1, 0.15) is 13.2 Å². The Balaban J connectivity index is 4.04. The molecule has 0 aromatic heterocycles. The lowest BCUT2D eigenvalue weighted by molar-refractivity contribution is -0.870. The number of nitrogens with zero attached hydrogens (tertiary/aromatic N) is 1. The van der Waals surface area contributed by atoms with E-state index in [0.717, 1.165) is 38.5 Å². The summed E-state index contributed by atoms with van der Waals surface area (Å²) < 4.78 is 22.8. The van der Waals surface area contributed by atoms with Gasteiger partial charge in [-0.05, 0) is 64.2 Å². The van der Waals surface area contributed by atoms with Crippen LogP contribution >= 0.6 is 0 Å². The number of likely N-dealkylation sites (N-methyl/N-ethyl adjacent to an activating group) is 1. The number of aliphatic carboxylic acids is 1. The van der Waals surface area contributed by atoms with Crippen molar-refractivity contribution in [3.05, 3.63) is 24.3 Å². The van der Waals surface area contributed by atoms with Gasteiger partial charge < -0.3 is 33.3 Å². The number of esters is 2. The highest BCUT2D eigenvalue weighted by atomic mass is 16.7. The first-order valence-electron chi connectivity index (χ1n) is 35.5. The zero-order valence-electron chi connectivity index (χ0n) is 54.7. The molecule has 0 rings (SSSR count). The van der Waals surface area contributed by atoms with E-state index in [1.54, 1.807) is 0 Å². The Morgan fingerprint density at radius 1 is 0.358 bits per heavy atom. The van der Waals surface area contributed by atoms with Crippen molar-refractivity contribution in [2.75, 3.05) is 47.5 Å². The Morgan fingerprint density at radius 3 is 0.914 bits per heavy atom. The molecule has 0 bridgehead atoms. The third-order valence-electron chi connectivity index (χ3n) is 16.2. The van der Waals surface area contributed by atoms with Crippen molar-refractivity contribution in [1.29, 1.82) is 0 Å². The van der Waals surface area contributed by atoms with Gasteiger partial charge in [-0.3, -0.25) is 9.59 Å². The van der Waals surface area contributed by atoms with Gasteiger partial charge >= 0.3 is 11.9 Å². The fourth-order valence-electron chi connectivity index (χ4n) is 10.7.